The van der Waals surface area contributed by atoms with Crippen molar-refractivity contribution in [1.82, 2.24) is 0 Å². The molecule has 0 saturated heterocycles. The molecule has 19 heavy (non-hydrogen) atoms. The predicted molar refractivity (Wildman–Crippen MR) is 88.8 cm³/mol. The number of hydrogen-bond acceptors (Lipinski definition) is 0. The van der Waals surface area contributed by atoms with Crippen molar-refractivity contribution in [2.45, 2.75) is 85.0 Å². The van der Waals surface area contributed by atoms with Crippen LogP contribution in [0, 0.1) is 22.7 Å². The van der Waals surface area contributed by atoms with Crippen molar-refractivity contribution in [2.24, 2.45) is 22.7 Å². The molecule has 0 radical (unpaired) electrons. The summed E-state index contributed by atoms with van der Waals surface area (Å²) in [5.41, 5.74) is 1.16. The predicted octanol–water partition coefficient (Wildman–Crippen LogP) is 6.57. The normalized spacial score (nSPS) is 35.1. The van der Waals surface area contributed by atoms with Crippen LogP contribution in [-0.2, 0) is 0 Å². The maximum Gasteiger partial charge on any atom is 0.00906 e. The first-order valence-electron chi connectivity index (χ1n) is 8.54. The summed E-state index contributed by atoms with van der Waals surface area (Å²) in [4.78, 5) is 0. The van der Waals surface area contributed by atoms with Crippen LogP contribution in [0.25, 0.3) is 0 Å². The van der Waals surface area contributed by atoms with Gasteiger partial charge in [0.15, 0.2) is 0 Å². The van der Waals surface area contributed by atoms with E-state index in [-0.39, 0.29) is 0 Å². The molecule has 0 bridgehead atoms. The molecule has 2 saturated carbocycles. The Balaban J connectivity index is 2.00. The van der Waals surface area contributed by atoms with E-state index in [1.54, 1.807) is 0 Å². The lowest BCUT2D eigenvalue weighted by molar-refractivity contribution is 0.0517. The van der Waals surface area contributed by atoms with E-state index in [0.29, 0.717) is 10.8 Å². The summed E-state index contributed by atoms with van der Waals surface area (Å²) in [6.45, 7) is 7.30. The molecule has 0 aromatic heterocycles. The lowest BCUT2D eigenvalue weighted by Crippen LogP contribution is -2.39. The van der Waals surface area contributed by atoms with Gasteiger partial charge in [0.05, 0.1) is 0 Å². The van der Waals surface area contributed by atoms with E-state index in [1.807, 2.05) is 0 Å². The molecule has 0 spiro atoms. The minimum absolute atomic E-state index is 0.516. The largest absolute Gasteiger partial charge is 0.0922 e. The van der Waals surface area contributed by atoms with Gasteiger partial charge < -0.3 is 0 Å². The average molecular weight is 329 g/mol. The second-order valence-corrected chi connectivity index (χ2v) is 8.89. The van der Waals surface area contributed by atoms with Gasteiger partial charge in [-0.3, -0.25) is 0 Å². The van der Waals surface area contributed by atoms with Crippen molar-refractivity contribution < 1.29 is 0 Å². The first-order valence-corrected chi connectivity index (χ1v) is 9.66. The Hall–Kier alpha value is 0.480. The van der Waals surface area contributed by atoms with Crippen LogP contribution < -0.4 is 0 Å². The number of rotatable bonds is 2. The standard InChI is InChI=1S/C18H33Br/c1-17(2,3)15-10-12-18(14-19,13-11-15)16-8-6-4-5-7-9-16/h15-16H,4-14H2,1-3H3. The molecule has 0 N–H and O–H groups in total. The smallest absolute Gasteiger partial charge is 0.00906 e. The number of halogens is 1. The maximum absolute atomic E-state index is 3.90. The molecule has 112 valence electrons. The highest BCUT2D eigenvalue weighted by molar-refractivity contribution is 9.09. The van der Waals surface area contributed by atoms with Gasteiger partial charge in [0.2, 0.25) is 0 Å². The molecule has 2 aliphatic carbocycles. The van der Waals surface area contributed by atoms with Gasteiger partial charge >= 0.3 is 0 Å². The van der Waals surface area contributed by atoms with Crippen LogP contribution in [0.2, 0.25) is 0 Å². The van der Waals surface area contributed by atoms with Gasteiger partial charge in [-0.15, -0.1) is 0 Å². The first-order chi connectivity index (χ1) is 8.98. The zero-order chi connectivity index (χ0) is 13.9. The first kappa shape index (κ1) is 15.9. The Morgan fingerprint density at radius 2 is 1.42 bits per heavy atom. The van der Waals surface area contributed by atoms with Crippen LogP contribution in [0.1, 0.15) is 85.0 Å². The molecule has 0 aliphatic heterocycles. The molecular formula is C18H33Br. The van der Waals surface area contributed by atoms with Crippen LogP contribution >= 0.6 is 15.9 Å². The monoisotopic (exact) mass is 328 g/mol. The van der Waals surface area contributed by atoms with E-state index in [2.05, 4.69) is 36.7 Å². The van der Waals surface area contributed by atoms with Gasteiger partial charge in [-0.1, -0.05) is 62.4 Å². The van der Waals surface area contributed by atoms with E-state index in [0.717, 1.165) is 11.8 Å². The van der Waals surface area contributed by atoms with E-state index in [1.165, 1.54) is 69.5 Å². The highest BCUT2D eigenvalue weighted by atomic mass is 79.9. The molecule has 0 aromatic rings. The molecule has 0 amide bonds. The van der Waals surface area contributed by atoms with Crippen molar-refractivity contribution in [1.29, 1.82) is 0 Å². The summed E-state index contributed by atoms with van der Waals surface area (Å²) in [6.07, 6.45) is 14.8. The van der Waals surface area contributed by atoms with Crippen molar-refractivity contribution in [3.8, 4) is 0 Å². The maximum atomic E-state index is 3.90. The number of alkyl halides is 1. The zero-order valence-electron chi connectivity index (χ0n) is 13.3. The molecule has 0 heterocycles. The SMILES string of the molecule is CC(C)(C)C1CCC(CBr)(C2CCCCCC2)CC1. The summed E-state index contributed by atoms with van der Waals surface area (Å²) in [6, 6.07) is 0. The molecule has 0 unspecified atom stereocenters. The third-order valence-electron chi connectivity index (χ3n) is 6.19. The third-order valence-corrected chi connectivity index (χ3v) is 7.31. The van der Waals surface area contributed by atoms with Crippen molar-refractivity contribution >= 4 is 15.9 Å². The molecule has 0 nitrogen and oxygen atoms in total. The fourth-order valence-electron chi connectivity index (χ4n) is 4.60. The van der Waals surface area contributed by atoms with Crippen molar-refractivity contribution in [3.63, 3.8) is 0 Å². The second kappa shape index (κ2) is 6.50. The van der Waals surface area contributed by atoms with E-state index in [4.69, 9.17) is 0 Å². The van der Waals surface area contributed by atoms with Crippen LogP contribution in [0.4, 0.5) is 0 Å². The minimum atomic E-state index is 0.516. The molecular weight excluding hydrogens is 296 g/mol. The summed E-state index contributed by atoms with van der Waals surface area (Å²) >= 11 is 3.90. The van der Waals surface area contributed by atoms with Crippen molar-refractivity contribution in [2.75, 3.05) is 5.33 Å². The summed E-state index contributed by atoms with van der Waals surface area (Å²) in [5.74, 6) is 1.96. The number of hydrogen-bond donors (Lipinski definition) is 0. The quantitative estimate of drug-likeness (QED) is 0.397. The van der Waals surface area contributed by atoms with Crippen LogP contribution in [-0.4, -0.2) is 5.33 Å². The summed E-state index contributed by atoms with van der Waals surface area (Å²) in [5, 5.41) is 1.25. The van der Waals surface area contributed by atoms with Crippen LogP contribution in [0.5, 0.6) is 0 Å². The average Bonchev–Trinajstić information content (AvgIpc) is 2.67. The lowest BCUT2D eigenvalue weighted by Gasteiger charge is -2.47. The minimum Gasteiger partial charge on any atom is -0.0922 e. The van der Waals surface area contributed by atoms with Gasteiger partial charge in [0, 0.05) is 5.33 Å². The highest BCUT2D eigenvalue weighted by Gasteiger charge is 2.42. The Morgan fingerprint density at radius 3 is 1.84 bits per heavy atom. The molecule has 2 aliphatic rings. The fourth-order valence-corrected chi connectivity index (χ4v) is 5.62. The molecule has 2 rings (SSSR count). The van der Waals surface area contributed by atoms with Gasteiger partial charge in [0.25, 0.3) is 0 Å². The molecule has 0 aromatic carbocycles. The van der Waals surface area contributed by atoms with Crippen molar-refractivity contribution in [3.05, 3.63) is 0 Å². The van der Waals surface area contributed by atoms with E-state index in [9.17, 15) is 0 Å². The Kier molecular flexibility index (Phi) is 5.42. The molecule has 1 heteroatoms. The van der Waals surface area contributed by atoms with Gasteiger partial charge in [0.1, 0.15) is 0 Å². The van der Waals surface area contributed by atoms with Gasteiger partial charge in [-0.05, 0) is 61.2 Å². The topological polar surface area (TPSA) is 0 Å². The fraction of sp³-hybridized carbons (Fsp3) is 1.00. The van der Waals surface area contributed by atoms with Gasteiger partial charge in [-0.2, -0.15) is 0 Å². The van der Waals surface area contributed by atoms with E-state index >= 15 is 0 Å². The Morgan fingerprint density at radius 1 is 0.895 bits per heavy atom. The Labute approximate surface area is 129 Å². The zero-order valence-corrected chi connectivity index (χ0v) is 14.9. The van der Waals surface area contributed by atoms with Crippen LogP contribution in [0.15, 0.2) is 0 Å². The Bertz CT molecular complexity index is 260. The molecule has 2 fully saturated rings. The molecule has 0 atom stereocenters. The summed E-state index contributed by atoms with van der Waals surface area (Å²) < 4.78 is 0. The highest BCUT2D eigenvalue weighted by Crippen LogP contribution is 2.52. The lowest BCUT2D eigenvalue weighted by atomic mass is 9.59. The summed E-state index contributed by atoms with van der Waals surface area (Å²) in [7, 11) is 0. The third kappa shape index (κ3) is 3.77. The van der Waals surface area contributed by atoms with Crippen LogP contribution in [0.3, 0.4) is 0 Å². The van der Waals surface area contributed by atoms with Gasteiger partial charge in [-0.25, -0.2) is 0 Å². The van der Waals surface area contributed by atoms with E-state index < -0.39 is 0 Å². The second-order valence-electron chi connectivity index (χ2n) is 8.32.